The second kappa shape index (κ2) is 10.6. The van der Waals surface area contributed by atoms with Crippen LogP contribution >= 0.6 is 11.6 Å². The third-order valence-electron chi connectivity index (χ3n) is 11.3. The summed E-state index contributed by atoms with van der Waals surface area (Å²) >= 11 is 7.11. The van der Waals surface area contributed by atoms with Crippen LogP contribution in [0, 0.1) is 12.7 Å². The molecule has 5 aliphatic heterocycles. The van der Waals surface area contributed by atoms with Crippen LogP contribution in [-0.4, -0.2) is 77.6 Å². The minimum absolute atomic E-state index is 0.00983. The van der Waals surface area contributed by atoms with Crippen LogP contribution in [0.15, 0.2) is 12.1 Å². The van der Waals surface area contributed by atoms with Crippen molar-refractivity contribution >= 4 is 28.3 Å². The van der Waals surface area contributed by atoms with E-state index in [-0.39, 0.29) is 64.1 Å². The summed E-state index contributed by atoms with van der Waals surface area (Å²) in [5.74, 6) is 0.190. The summed E-state index contributed by atoms with van der Waals surface area (Å²) in [4.78, 5) is 13.9. The van der Waals surface area contributed by atoms with Gasteiger partial charge in [0.1, 0.15) is 30.7 Å². The molecule has 46 heavy (non-hydrogen) atoms. The molecule has 3 aromatic rings. The molecule has 2 aromatic carbocycles. The number of hydrogen-bond acceptors (Lipinski definition) is 7. The number of fused-ring (bicyclic) bond motifs is 6. The minimum Gasteiger partial charge on any atom is -0.489 e. The molecular weight excluding hydrogens is 622 g/mol. The van der Waals surface area contributed by atoms with E-state index in [9.17, 15) is 13.2 Å². The largest absolute Gasteiger partial charge is 0.489 e. The van der Waals surface area contributed by atoms with Gasteiger partial charge in [-0.2, -0.15) is 9.97 Å². The van der Waals surface area contributed by atoms with Crippen LogP contribution in [0.25, 0.3) is 22.0 Å². The van der Waals surface area contributed by atoms with Crippen LogP contribution in [0.4, 0.5) is 23.4 Å². The molecule has 6 aliphatic rings. The molecule has 1 saturated carbocycles. The Bertz CT molecular complexity index is 1760. The molecule has 0 unspecified atom stereocenters. The van der Waals surface area contributed by atoms with Crippen molar-refractivity contribution in [2.75, 3.05) is 37.7 Å². The predicted molar refractivity (Wildman–Crippen MR) is 167 cm³/mol. The topological polar surface area (TPSA) is 62.8 Å². The molecule has 0 amide bonds. The highest BCUT2D eigenvalue weighted by Gasteiger charge is 2.50. The van der Waals surface area contributed by atoms with Gasteiger partial charge in [0.15, 0.2) is 11.6 Å². The zero-order valence-electron chi connectivity index (χ0n) is 25.6. The van der Waals surface area contributed by atoms with E-state index in [1.165, 1.54) is 12.1 Å². The Balaban J connectivity index is 1.24. The second-order valence-electron chi connectivity index (χ2n) is 14.2. The average molecular weight is 658 g/mol. The maximum Gasteiger partial charge on any atom is 0.319 e. The Morgan fingerprint density at radius 3 is 2.83 bits per heavy atom. The van der Waals surface area contributed by atoms with Gasteiger partial charge < -0.3 is 19.7 Å². The first-order chi connectivity index (χ1) is 22.2. The Kier molecular flexibility index (Phi) is 6.72. The van der Waals surface area contributed by atoms with E-state index in [1.807, 2.05) is 0 Å². The van der Waals surface area contributed by atoms with Crippen LogP contribution in [0.5, 0.6) is 11.8 Å². The zero-order chi connectivity index (χ0) is 31.5. The quantitative estimate of drug-likeness (QED) is 0.291. The maximum atomic E-state index is 17.2. The number of piperazine rings is 1. The number of halogens is 5. The van der Waals surface area contributed by atoms with E-state index in [1.54, 1.807) is 6.92 Å². The van der Waals surface area contributed by atoms with Crippen LogP contribution in [0.2, 0.25) is 5.02 Å². The summed E-state index contributed by atoms with van der Waals surface area (Å²) in [6, 6.07) is 3.20. The molecular formula is C34H36ClF4N5O2. The highest BCUT2D eigenvalue weighted by molar-refractivity contribution is 6.36. The number of alkyl halides is 3. The molecule has 6 heterocycles. The third-order valence-corrected chi connectivity index (χ3v) is 11.7. The SMILES string of the molecule is Cc1cc(C(F)F)cc(-c2c(Cl)c3c4c(nc(OC[C@@]56CCCN5C[C@H](F)C6)nc4c2F)N2C[C@H]4CC[C@H](N4)[C@H]2CO3)c1C1CC1. The van der Waals surface area contributed by atoms with Gasteiger partial charge in [-0.05, 0) is 80.7 Å². The second-order valence-corrected chi connectivity index (χ2v) is 14.6. The number of benzene rings is 2. The van der Waals surface area contributed by atoms with Crippen molar-refractivity contribution in [1.29, 1.82) is 0 Å². The van der Waals surface area contributed by atoms with E-state index >= 15 is 4.39 Å². The smallest absolute Gasteiger partial charge is 0.319 e. The van der Waals surface area contributed by atoms with Gasteiger partial charge in [0.2, 0.25) is 0 Å². The fourth-order valence-electron chi connectivity index (χ4n) is 9.11. The van der Waals surface area contributed by atoms with Crippen molar-refractivity contribution in [3.05, 3.63) is 39.7 Å². The van der Waals surface area contributed by atoms with Crippen LogP contribution in [0.1, 0.15) is 74.0 Å². The standard InChI is InChI=1S/C34H36ClF4N5O2/c1-16-9-18(31(38)39)10-21(24(16)17-3-4-17)25-27(35)30-26-29(28(25)37)41-33(46-15-34-7-2-8-43(34)12-19(36)11-34)42-32(26)44-13-20-5-6-22(40-20)23(44)14-45-30/h9-10,17,19-20,22-23,31,40H,2-8,11-15H2,1H3/t19-,20-,22+,23-,34+/m1/s1. The monoisotopic (exact) mass is 657 g/mol. The Morgan fingerprint density at radius 1 is 1.17 bits per heavy atom. The number of ether oxygens (including phenoxy) is 2. The highest BCUT2D eigenvalue weighted by Crippen LogP contribution is 2.53. The maximum absolute atomic E-state index is 17.2. The van der Waals surface area contributed by atoms with Gasteiger partial charge in [0.05, 0.1) is 22.0 Å². The van der Waals surface area contributed by atoms with Gasteiger partial charge in [0, 0.05) is 42.7 Å². The number of nitrogens with one attached hydrogen (secondary N) is 1. The first-order valence-electron chi connectivity index (χ1n) is 16.5. The zero-order valence-corrected chi connectivity index (χ0v) is 26.4. The molecule has 12 heteroatoms. The van der Waals surface area contributed by atoms with E-state index in [4.69, 9.17) is 26.1 Å². The molecule has 4 saturated heterocycles. The van der Waals surface area contributed by atoms with E-state index in [0.29, 0.717) is 48.4 Å². The third kappa shape index (κ3) is 4.44. The van der Waals surface area contributed by atoms with Crippen molar-refractivity contribution in [2.45, 2.75) is 94.0 Å². The van der Waals surface area contributed by atoms with Crippen LogP contribution < -0.4 is 19.7 Å². The van der Waals surface area contributed by atoms with Gasteiger partial charge in [-0.25, -0.2) is 17.6 Å². The lowest BCUT2D eigenvalue weighted by atomic mass is 9.89. The summed E-state index contributed by atoms with van der Waals surface area (Å²) < 4.78 is 72.7. The van der Waals surface area contributed by atoms with E-state index < -0.39 is 24.0 Å². The van der Waals surface area contributed by atoms with Gasteiger partial charge in [-0.3, -0.25) is 4.90 Å². The molecule has 5 atom stereocenters. The molecule has 0 spiro atoms. The summed E-state index contributed by atoms with van der Waals surface area (Å²) in [5, 5.41) is 4.08. The summed E-state index contributed by atoms with van der Waals surface area (Å²) in [6.07, 6.45) is 2.29. The van der Waals surface area contributed by atoms with E-state index in [2.05, 4.69) is 20.1 Å². The number of anilines is 1. The summed E-state index contributed by atoms with van der Waals surface area (Å²) in [7, 11) is 0. The molecule has 9 rings (SSSR count). The molecule has 1 aliphatic carbocycles. The molecule has 1 aromatic heterocycles. The number of aryl methyl sites for hydroxylation is 1. The number of hydrogen-bond donors (Lipinski definition) is 1. The number of nitrogens with zero attached hydrogens (tertiary/aromatic N) is 4. The van der Waals surface area contributed by atoms with Crippen molar-refractivity contribution in [3.8, 4) is 22.9 Å². The van der Waals surface area contributed by atoms with Crippen molar-refractivity contribution in [2.24, 2.45) is 0 Å². The predicted octanol–water partition coefficient (Wildman–Crippen LogP) is 6.87. The average Bonchev–Trinajstić information content (AvgIpc) is 3.61. The number of rotatable bonds is 6. The van der Waals surface area contributed by atoms with Gasteiger partial charge in [-0.15, -0.1) is 0 Å². The Hall–Kier alpha value is -2.89. The first kappa shape index (κ1) is 29.3. The van der Waals surface area contributed by atoms with Crippen molar-refractivity contribution < 1.29 is 27.0 Å². The Labute approximate surface area is 269 Å². The van der Waals surface area contributed by atoms with Gasteiger partial charge >= 0.3 is 6.01 Å². The minimum atomic E-state index is -2.73. The van der Waals surface area contributed by atoms with Crippen molar-refractivity contribution in [1.82, 2.24) is 20.2 Å². The van der Waals surface area contributed by atoms with Crippen molar-refractivity contribution in [3.63, 3.8) is 0 Å². The molecule has 244 valence electrons. The fourth-order valence-corrected chi connectivity index (χ4v) is 9.44. The lowest BCUT2D eigenvalue weighted by molar-refractivity contribution is 0.107. The molecule has 0 radical (unpaired) electrons. The van der Waals surface area contributed by atoms with E-state index in [0.717, 1.165) is 50.6 Å². The highest BCUT2D eigenvalue weighted by atomic mass is 35.5. The summed E-state index contributed by atoms with van der Waals surface area (Å²) in [5.41, 5.74) is 1.25. The number of aromatic nitrogens is 2. The first-order valence-corrected chi connectivity index (χ1v) is 16.9. The van der Waals surface area contributed by atoms with Gasteiger partial charge in [0.25, 0.3) is 6.43 Å². The summed E-state index contributed by atoms with van der Waals surface area (Å²) in [6.45, 7) is 4.13. The molecule has 7 nitrogen and oxygen atoms in total. The lowest BCUT2D eigenvalue weighted by Gasteiger charge is -2.40. The van der Waals surface area contributed by atoms with Crippen LogP contribution in [0.3, 0.4) is 0 Å². The fraction of sp³-hybridized carbons (Fsp3) is 0.588. The van der Waals surface area contributed by atoms with Crippen LogP contribution in [-0.2, 0) is 0 Å². The molecule has 2 bridgehead atoms. The Morgan fingerprint density at radius 2 is 2.02 bits per heavy atom. The molecule has 1 N–H and O–H groups in total. The molecule has 5 fully saturated rings. The lowest BCUT2D eigenvalue weighted by Crippen LogP contribution is -2.60. The van der Waals surface area contributed by atoms with Gasteiger partial charge in [-0.1, -0.05) is 17.7 Å². The normalized spacial score (nSPS) is 30.1.